The van der Waals surface area contributed by atoms with Crippen molar-refractivity contribution in [3.05, 3.63) is 46.5 Å². The topological polar surface area (TPSA) is 46.7 Å². The lowest BCUT2D eigenvalue weighted by molar-refractivity contribution is 0.0964. The molecule has 0 spiro atoms. The Balaban J connectivity index is 1.90. The van der Waals surface area contributed by atoms with E-state index in [1.54, 1.807) is 24.3 Å². The average Bonchev–Trinajstić information content (AvgIpc) is 3.04. The maximum absolute atomic E-state index is 12.4. The number of carbonyl (C=O) groups is 2. The summed E-state index contributed by atoms with van der Waals surface area (Å²) in [6.07, 6.45) is 1.29. The van der Waals surface area contributed by atoms with Gasteiger partial charge in [0.2, 0.25) is 0 Å². The number of hydrogen-bond acceptors (Lipinski definition) is 3. The first-order valence-electron chi connectivity index (χ1n) is 6.18. The lowest BCUT2D eigenvalue weighted by Gasteiger charge is -2.25. The van der Waals surface area contributed by atoms with Crippen molar-refractivity contribution in [3.8, 4) is 0 Å². The van der Waals surface area contributed by atoms with Gasteiger partial charge in [-0.2, -0.15) is 0 Å². The zero-order valence-corrected chi connectivity index (χ0v) is 10.0. The van der Waals surface area contributed by atoms with Crippen molar-refractivity contribution in [1.29, 1.82) is 0 Å². The van der Waals surface area contributed by atoms with Crippen LogP contribution in [0.5, 0.6) is 0 Å². The third-order valence-electron chi connectivity index (χ3n) is 4.28. The van der Waals surface area contributed by atoms with Crippen LogP contribution in [-0.4, -0.2) is 23.3 Å². The molecule has 2 unspecified atom stereocenters. The van der Waals surface area contributed by atoms with E-state index in [0.29, 0.717) is 35.1 Å². The van der Waals surface area contributed by atoms with Gasteiger partial charge in [0.1, 0.15) is 0 Å². The molecule has 3 heteroatoms. The summed E-state index contributed by atoms with van der Waals surface area (Å²) in [6.45, 7) is 2.01. The molecular weight excluding hydrogens is 228 g/mol. The Morgan fingerprint density at radius 3 is 2.39 bits per heavy atom. The molecule has 3 nitrogen and oxygen atoms in total. The summed E-state index contributed by atoms with van der Waals surface area (Å²) in [5.74, 6) is 0.0214. The van der Waals surface area contributed by atoms with Crippen LogP contribution in [0.25, 0.3) is 0 Å². The Morgan fingerprint density at radius 2 is 1.72 bits per heavy atom. The minimum atomic E-state index is -0.207. The fourth-order valence-electron chi connectivity index (χ4n) is 3.12. The lowest BCUT2D eigenvalue weighted by atomic mass is 9.74. The van der Waals surface area contributed by atoms with Crippen LogP contribution in [0.3, 0.4) is 0 Å². The van der Waals surface area contributed by atoms with Gasteiger partial charge in [-0.3, -0.25) is 9.59 Å². The molecule has 1 heterocycles. The average molecular weight is 240 g/mol. The van der Waals surface area contributed by atoms with E-state index in [-0.39, 0.29) is 23.3 Å². The summed E-state index contributed by atoms with van der Waals surface area (Å²) < 4.78 is 5.61. The summed E-state index contributed by atoms with van der Waals surface area (Å²) in [7, 11) is 0. The van der Waals surface area contributed by atoms with Gasteiger partial charge in [-0.05, 0) is 6.92 Å². The van der Waals surface area contributed by atoms with E-state index in [0.717, 1.165) is 0 Å². The summed E-state index contributed by atoms with van der Waals surface area (Å²) >= 11 is 0. The van der Waals surface area contributed by atoms with Gasteiger partial charge in [-0.15, -0.1) is 0 Å². The second-order valence-corrected chi connectivity index (χ2v) is 5.46. The van der Waals surface area contributed by atoms with Gasteiger partial charge in [0.05, 0.1) is 11.7 Å². The third-order valence-corrected chi connectivity index (χ3v) is 4.28. The normalized spacial score (nSPS) is 32.8. The van der Waals surface area contributed by atoms with Crippen molar-refractivity contribution < 1.29 is 14.3 Å². The summed E-state index contributed by atoms with van der Waals surface area (Å²) in [6, 6.07) is 7.08. The van der Waals surface area contributed by atoms with Crippen LogP contribution in [0.2, 0.25) is 0 Å². The van der Waals surface area contributed by atoms with Crippen LogP contribution in [0.15, 0.2) is 35.4 Å². The molecule has 0 saturated carbocycles. The van der Waals surface area contributed by atoms with Crippen molar-refractivity contribution in [3.63, 3.8) is 0 Å². The van der Waals surface area contributed by atoms with E-state index < -0.39 is 0 Å². The Hall–Kier alpha value is -1.74. The van der Waals surface area contributed by atoms with Crippen LogP contribution in [0.4, 0.5) is 0 Å². The van der Waals surface area contributed by atoms with Gasteiger partial charge in [0.25, 0.3) is 0 Å². The van der Waals surface area contributed by atoms with Crippen LogP contribution < -0.4 is 0 Å². The number of fused-ring (bicyclic) bond motifs is 2. The maximum atomic E-state index is 12.4. The number of ether oxygens (including phenoxy) is 1. The number of epoxide rings is 1. The van der Waals surface area contributed by atoms with E-state index in [1.807, 2.05) is 6.92 Å². The molecule has 0 N–H and O–H groups in total. The minimum absolute atomic E-state index is 0.00961. The summed E-state index contributed by atoms with van der Waals surface area (Å²) in [5.41, 5.74) is 2.24. The molecule has 90 valence electrons. The van der Waals surface area contributed by atoms with Gasteiger partial charge in [-0.1, -0.05) is 24.3 Å². The van der Waals surface area contributed by atoms with Gasteiger partial charge in [-0.25, -0.2) is 0 Å². The Labute approximate surface area is 104 Å². The van der Waals surface area contributed by atoms with E-state index in [1.165, 1.54) is 0 Å². The molecule has 1 fully saturated rings. The highest BCUT2D eigenvalue weighted by Crippen LogP contribution is 2.51. The highest BCUT2D eigenvalue weighted by atomic mass is 16.6. The van der Waals surface area contributed by atoms with Crippen molar-refractivity contribution in [2.75, 3.05) is 0 Å². The second kappa shape index (κ2) is 2.98. The molecule has 18 heavy (non-hydrogen) atoms. The molecule has 1 aromatic rings. The first-order chi connectivity index (χ1) is 8.60. The second-order valence-electron chi connectivity index (χ2n) is 5.46. The van der Waals surface area contributed by atoms with E-state index in [9.17, 15) is 9.59 Å². The predicted molar refractivity (Wildman–Crippen MR) is 64.6 cm³/mol. The molecule has 4 rings (SSSR count). The Morgan fingerprint density at radius 1 is 1.11 bits per heavy atom. The molecule has 0 bridgehead atoms. The first kappa shape index (κ1) is 10.2. The fraction of sp³-hybridized carbons (Fsp3) is 0.333. The summed E-state index contributed by atoms with van der Waals surface area (Å²) in [4.78, 5) is 24.8. The number of benzene rings is 1. The van der Waals surface area contributed by atoms with Crippen LogP contribution >= 0.6 is 0 Å². The number of rotatable bonds is 0. The van der Waals surface area contributed by atoms with E-state index >= 15 is 0 Å². The number of hydrogen-bond donors (Lipinski definition) is 0. The Bertz CT molecular complexity index is 641. The maximum Gasteiger partial charge on any atom is 0.190 e. The zero-order valence-electron chi connectivity index (χ0n) is 10.0. The fourth-order valence-corrected chi connectivity index (χ4v) is 3.12. The smallest absolute Gasteiger partial charge is 0.190 e. The quantitative estimate of drug-likeness (QED) is 0.654. The van der Waals surface area contributed by atoms with Gasteiger partial charge in [0, 0.05) is 35.1 Å². The largest absolute Gasteiger partial charge is 0.366 e. The van der Waals surface area contributed by atoms with Crippen molar-refractivity contribution in [2.45, 2.75) is 31.5 Å². The van der Waals surface area contributed by atoms with Crippen LogP contribution in [0.1, 0.15) is 40.5 Å². The molecule has 1 aliphatic heterocycles. The minimum Gasteiger partial charge on any atom is -0.366 e. The van der Waals surface area contributed by atoms with Crippen molar-refractivity contribution in [1.82, 2.24) is 0 Å². The van der Waals surface area contributed by atoms with Crippen LogP contribution in [0, 0.1) is 0 Å². The SMILES string of the molecule is CC12CC3=C(CC1O2)C(=O)c1ccccc1C3=O. The highest BCUT2D eigenvalue weighted by molar-refractivity contribution is 6.27. The van der Waals surface area contributed by atoms with E-state index in [2.05, 4.69) is 0 Å². The number of ketones is 2. The standard InChI is InChI=1S/C15H12O3/c1-15-7-11-10(6-12(15)18-15)13(16)8-4-2-3-5-9(8)14(11)17/h2-5,12H,6-7H2,1H3. The van der Waals surface area contributed by atoms with Gasteiger partial charge in [0.15, 0.2) is 11.6 Å². The molecule has 0 radical (unpaired) electrons. The molecule has 1 saturated heterocycles. The number of Topliss-reactive ketones (excluding diaryl/α,β-unsaturated/α-hetero) is 2. The molecular formula is C15H12O3. The van der Waals surface area contributed by atoms with Gasteiger partial charge < -0.3 is 4.74 Å². The monoisotopic (exact) mass is 240 g/mol. The molecule has 1 aromatic carbocycles. The zero-order chi connectivity index (χ0) is 12.5. The first-order valence-corrected chi connectivity index (χ1v) is 6.18. The highest BCUT2D eigenvalue weighted by Gasteiger charge is 2.57. The summed E-state index contributed by atoms with van der Waals surface area (Å²) in [5, 5.41) is 0. The Kier molecular flexibility index (Phi) is 1.69. The van der Waals surface area contributed by atoms with Gasteiger partial charge >= 0.3 is 0 Å². The molecule has 0 aromatic heterocycles. The molecule has 2 atom stereocenters. The predicted octanol–water partition coefficient (Wildman–Crippen LogP) is 2.31. The molecule has 3 aliphatic rings. The third kappa shape index (κ3) is 1.12. The van der Waals surface area contributed by atoms with Crippen molar-refractivity contribution >= 4 is 11.6 Å². The van der Waals surface area contributed by atoms with Crippen molar-refractivity contribution in [2.24, 2.45) is 0 Å². The number of carbonyl (C=O) groups excluding carboxylic acids is 2. The van der Waals surface area contributed by atoms with E-state index in [4.69, 9.17) is 4.74 Å². The lowest BCUT2D eigenvalue weighted by Crippen LogP contribution is -2.30. The molecule has 0 amide bonds. The van der Waals surface area contributed by atoms with Crippen LogP contribution in [-0.2, 0) is 4.74 Å². The molecule has 2 aliphatic carbocycles.